The first kappa shape index (κ1) is 15.9. The highest BCUT2D eigenvalue weighted by Gasteiger charge is 2.18. The Bertz CT molecular complexity index is 795. The topological polar surface area (TPSA) is 73.1 Å². The third kappa shape index (κ3) is 4.07. The molecule has 1 aliphatic carbocycles. The minimum Gasteiger partial charge on any atom is -0.435 e. The van der Waals surface area contributed by atoms with Gasteiger partial charge in [-0.15, -0.1) is 0 Å². The van der Waals surface area contributed by atoms with Crippen LogP contribution in [0.2, 0.25) is 0 Å². The van der Waals surface area contributed by atoms with Crippen molar-refractivity contribution in [2.24, 2.45) is 5.92 Å². The van der Waals surface area contributed by atoms with E-state index < -0.39 is 12.4 Å². The molecule has 0 saturated heterocycles. The third-order valence-electron chi connectivity index (χ3n) is 3.18. The molecular weight excluding hydrogens is 321 g/mol. The molecule has 1 aromatic heterocycles. The summed E-state index contributed by atoms with van der Waals surface area (Å²) in [5.74, 6) is 4.95. The normalized spacial score (nSPS) is 13.3. The van der Waals surface area contributed by atoms with Crippen molar-refractivity contribution < 1.29 is 17.9 Å². The van der Waals surface area contributed by atoms with Crippen LogP contribution in [0.3, 0.4) is 0 Å². The standard InChI is InChI=1S/C16H13F3N4O/c17-13-14(20)22-12(8-3-9-1-2-9)23-15(13)21-10-4-6-11(7-5-10)24-16(18)19/h4-7,9,16H,1-2H2,(H3,20,21,22,23). The zero-order chi connectivity index (χ0) is 17.1. The van der Waals surface area contributed by atoms with Crippen LogP contribution in [-0.2, 0) is 0 Å². The summed E-state index contributed by atoms with van der Waals surface area (Å²) in [6, 6.07) is 5.55. The lowest BCUT2D eigenvalue weighted by atomic mass is 10.3. The quantitative estimate of drug-likeness (QED) is 0.839. The van der Waals surface area contributed by atoms with Crippen LogP contribution in [0.5, 0.6) is 5.75 Å². The molecule has 24 heavy (non-hydrogen) atoms. The van der Waals surface area contributed by atoms with Gasteiger partial charge in [0.05, 0.1) is 0 Å². The van der Waals surface area contributed by atoms with E-state index in [1.54, 1.807) is 0 Å². The highest BCUT2D eigenvalue weighted by Crippen LogP contribution is 2.28. The Balaban J connectivity index is 1.79. The highest BCUT2D eigenvalue weighted by atomic mass is 19.3. The van der Waals surface area contributed by atoms with Gasteiger partial charge in [-0.1, -0.05) is 5.92 Å². The van der Waals surface area contributed by atoms with Crippen LogP contribution in [-0.4, -0.2) is 16.6 Å². The van der Waals surface area contributed by atoms with Crippen molar-refractivity contribution in [2.75, 3.05) is 11.1 Å². The first-order valence-corrected chi connectivity index (χ1v) is 7.17. The fourth-order valence-corrected chi connectivity index (χ4v) is 1.85. The summed E-state index contributed by atoms with van der Waals surface area (Å²) < 4.78 is 42.5. The number of aromatic nitrogens is 2. The molecule has 1 heterocycles. The monoisotopic (exact) mass is 334 g/mol. The molecule has 0 radical (unpaired) electrons. The molecule has 0 spiro atoms. The molecule has 1 aromatic carbocycles. The molecule has 8 heteroatoms. The molecule has 2 aromatic rings. The van der Waals surface area contributed by atoms with Crippen LogP contribution < -0.4 is 15.8 Å². The second-order valence-electron chi connectivity index (χ2n) is 5.17. The Hall–Kier alpha value is -2.95. The number of nitrogens with zero attached hydrogens (tertiary/aromatic N) is 2. The van der Waals surface area contributed by atoms with Crippen LogP contribution in [0.25, 0.3) is 0 Å². The SMILES string of the molecule is Nc1nc(C#CC2CC2)nc(Nc2ccc(OC(F)F)cc2)c1F. The minimum atomic E-state index is -2.91. The zero-order valence-electron chi connectivity index (χ0n) is 12.4. The predicted molar refractivity (Wildman–Crippen MR) is 82.4 cm³/mol. The maximum absolute atomic E-state index is 14.0. The summed E-state index contributed by atoms with van der Waals surface area (Å²) >= 11 is 0. The Morgan fingerprint density at radius 2 is 1.92 bits per heavy atom. The average Bonchev–Trinajstić information content (AvgIpc) is 3.35. The van der Waals surface area contributed by atoms with E-state index in [4.69, 9.17) is 5.73 Å². The van der Waals surface area contributed by atoms with Crippen LogP contribution in [0, 0.1) is 23.6 Å². The first-order chi connectivity index (χ1) is 11.5. The van der Waals surface area contributed by atoms with E-state index >= 15 is 0 Å². The van der Waals surface area contributed by atoms with Gasteiger partial charge in [0.2, 0.25) is 11.6 Å². The number of hydrogen-bond acceptors (Lipinski definition) is 5. The van der Waals surface area contributed by atoms with Gasteiger partial charge in [-0.25, -0.2) is 4.98 Å². The molecule has 1 saturated carbocycles. The van der Waals surface area contributed by atoms with Crippen molar-refractivity contribution in [1.82, 2.24) is 9.97 Å². The fraction of sp³-hybridized carbons (Fsp3) is 0.250. The summed E-state index contributed by atoms with van der Waals surface area (Å²) in [6.07, 6.45) is 2.09. The molecule has 1 aliphatic rings. The molecule has 3 rings (SSSR count). The maximum atomic E-state index is 14.0. The van der Waals surface area contributed by atoms with E-state index in [0.29, 0.717) is 11.6 Å². The predicted octanol–water partition coefficient (Wildman–Crippen LogP) is 3.30. The number of nitrogen functional groups attached to an aromatic ring is 1. The van der Waals surface area contributed by atoms with Crippen molar-refractivity contribution in [3.63, 3.8) is 0 Å². The van der Waals surface area contributed by atoms with Gasteiger partial charge in [0.15, 0.2) is 11.6 Å². The largest absolute Gasteiger partial charge is 0.435 e. The van der Waals surface area contributed by atoms with Gasteiger partial charge >= 0.3 is 6.61 Å². The number of alkyl halides is 2. The van der Waals surface area contributed by atoms with Crippen LogP contribution in [0.1, 0.15) is 18.7 Å². The number of nitrogens with one attached hydrogen (secondary N) is 1. The van der Waals surface area contributed by atoms with Crippen molar-refractivity contribution >= 4 is 17.3 Å². The van der Waals surface area contributed by atoms with Gasteiger partial charge in [0.25, 0.3) is 0 Å². The lowest BCUT2D eigenvalue weighted by Crippen LogP contribution is -2.06. The van der Waals surface area contributed by atoms with Gasteiger partial charge in [-0.2, -0.15) is 18.2 Å². The number of benzene rings is 1. The Kier molecular flexibility index (Phi) is 4.42. The number of nitrogens with two attached hydrogens (primary N) is 1. The molecule has 0 bridgehead atoms. The van der Waals surface area contributed by atoms with E-state index in [9.17, 15) is 13.2 Å². The van der Waals surface area contributed by atoms with E-state index in [1.165, 1.54) is 24.3 Å². The Labute approximate surface area is 136 Å². The molecule has 5 nitrogen and oxygen atoms in total. The number of anilines is 3. The Morgan fingerprint density at radius 3 is 2.54 bits per heavy atom. The van der Waals surface area contributed by atoms with Crippen molar-refractivity contribution in [1.29, 1.82) is 0 Å². The van der Waals surface area contributed by atoms with Gasteiger partial charge in [-0.3, -0.25) is 0 Å². The average molecular weight is 334 g/mol. The fourth-order valence-electron chi connectivity index (χ4n) is 1.85. The summed E-state index contributed by atoms with van der Waals surface area (Å²) in [5.41, 5.74) is 5.96. The number of halogens is 3. The van der Waals surface area contributed by atoms with Gasteiger partial charge in [0.1, 0.15) is 5.75 Å². The van der Waals surface area contributed by atoms with E-state index in [2.05, 4.69) is 31.9 Å². The lowest BCUT2D eigenvalue weighted by molar-refractivity contribution is -0.0498. The summed E-state index contributed by atoms with van der Waals surface area (Å²) in [7, 11) is 0. The van der Waals surface area contributed by atoms with Gasteiger partial charge < -0.3 is 15.8 Å². The van der Waals surface area contributed by atoms with Gasteiger partial charge in [-0.05, 0) is 43.0 Å². The molecule has 0 unspecified atom stereocenters. The number of rotatable bonds is 4. The zero-order valence-corrected chi connectivity index (χ0v) is 12.4. The van der Waals surface area contributed by atoms with E-state index in [0.717, 1.165) is 12.8 Å². The number of ether oxygens (including phenoxy) is 1. The summed E-state index contributed by atoms with van der Waals surface area (Å²) in [5, 5.41) is 2.72. The van der Waals surface area contributed by atoms with Crippen molar-refractivity contribution in [2.45, 2.75) is 19.5 Å². The molecule has 0 aliphatic heterocycles. The third-order valence-corrected chi connectivity index (χ3v) is 3.18. The molecule has 1 fully saturated rings. The smallest absolute Gasteiger partial charge is 0.387 e. The highest BCUT2D eigenvalue weighted by molar-refractivity contribution is 5.60. The second kappa shape index (κ2) is 6.66. The summed E-state index contributed by atoms with van der Waals surface area (Å²) in [4.78, 5) is 7.79. The second-order valence-corrected chi connectivity index (χ2v) is 5.17. The van der Waals surface area contributed by atoms with Crippen molar-refractivity contribution in [3.05, 3.63) is 35.9 Å². The van der Waals surface area contributed by atoms with E-state index in [1.807, 2.05) is 0 Å². The molecule has 124 valence electrons. The van der Waals surface area contributed by atoms with Crippen LogP contribution >= 0.6 is 0 Å². The molecule has 0 atom stereocenters. The van der Waals surface area contributed by atoms with Gasteiger partial charge in [0, 0.05) is 11.6 Å². The first-order valence-electron chi connectivity index (χ1n) is 7.17. The van der Waals surface area contributed by atoms with Crippen LogP contribution in [0.4, 0.5) is 30.5 Å². The Morgan fingerprint density at radius 1 is 1.21 bits per heavy atom. The minimum absolute atomic E-state index is 0.00536. The molecule has 0 amide bonds. The maximum Gasteiger partial charge on any atom is 0.387 e. The molecular formula is C16H13F3N4O. The lowest BCUT2D eigenvalue weighted by Gasteiger charge is -2.09. The number of hydrogen-bond donors (Lipinski definition) is 2. The van der Waals surface area contributed by atoms with Crippen molar-refractivity contribution in [3.8, 4) is 17.6 Å². The molecule has 3 N–H and O–H groups in total. The van der Waals surface area contributed by atoms with Crippen LogP contribution in [0.15, 0.2) is 24.3 Å². The van der Waals surface area contributed by atoms with E-state index in [-0.39, 0.29) is 23.2 Å². The summed E-state index contributed by atoms with van der Waals surface area (Å²) in [6.45, 7) is -2.91.